The van der Waals surface area contributed by atoms with Crippen molar-refractivity contribution in [2.45, 2.75) is 70.6 Å². The fourth-order valence-electron chi connectivity index (χ4n) is 5.76. The molecule has 3 amide bonds. The van der Waals surface area contributed by atoms with Crippen LogP contribution in [0.25, 0.3) is 0 Å². The molecular weight excluding hydrogens is 529 g/mol. The molecule has 11 heteroatoms. The van der Waals surface area contributed by atoms with Gasteiger partial charge in [-0.1, -0.05) is 38.5 Å². The molecule has 3 unspecified atom stereocenters. The Kier molecular flexibility index (Phi) is 10.1. The van der Waals surface area contributed by atoms with Crippen LogP contribution >= 0.6 is 0 Å². The summed E-state index contributed by atoms with van der Waals surface area (Å²) in [5.74, 6) is -2.55. The second kappa shape index (κ2) is 13.8. The molecule has 1 aromatic carbocycles. The molecule has 1 aliphatic carbocycles. The maximum Gasteiger partial charge on any atom is 0.246 e. The molecule has 2 heterocycles. The van der Waals surface area contributed by atoms with Crippen LogP contribution in [0, 0.1) is 11.8 Å². The molecule has 5 N–H and O–H groups in total. The lowest BCUT2D eigenvalue weighted by Crippen LogP contribution is -2.55. The van der Waals surface area contributed by atoms with Gasteiger partial charge < -0.3 is 31.0 Å². The number of nitrogen functional groups attached to an aromatic ring is 1. The Morgan fingerprint density at radius 3 is 2.73 bits per heavy atom. The van der Waals surface area contributed by atoms with E-state index in [1.807, 2.05) is 48.9 Å². The van der Waals surface area contributed by atoms with E-state index in [-0.39, 0.29) is 49.7 Å². The number of aromatic nitrogens is 1. The maximum absolute atomic E-state index is 13.7. The highest BCUT2D eigenvalue weighted by molar-refractivity contribution is 5.93. The number of nitrogens with one attached hydrogen (secondary N) is 3. The molecule has 0 bridgehead atoms. The minimum atomic E-state index is -0.834. The van der Waals surface area contributed by atoms with Crippen molar-refractivity contribution >= 4 is 29.2 Å². The van der Waals surface area contributed by atoms with Gasteiger partial charge in [0.15, 0.2) is 0 Å². The number of aryl methyl sites for hydroxylation is 1. The molecule has 10 nitrogen and oxygen atoms in total. The van der Waals surface area contributed by atoms with E-state index >= 15 is 0 Å². The molecule has 5 atom stereocenters. The number of alkyl halides is 1. The smallest absolute Gasteiger partial charge is 0.246 e. The quantitative estimate of drug-likeness (QED) is 0.227. The molecule has 0 saturated carbocycles. The third-order valence-electron chi connectivity index (χ3n) is 8.20. The van der Waals surface area contributed by atoms with Crippen LogP contribution < -0.4 is 21.7 Å². The number of hydrogen-bond acceptors (Lipinski definition) is 6. The molecule has 222 valence electrons. The molecule has 0 spiro atoms. The van der Waals surface area contributed by atoms with Crippen LogP contribution in [0.5, 0.6) is 0 Å². The Balaban J connectivity index is 1.47. The number of carbonyl (C=O) groups excluding carboxylic acids is 4. The number of carbonyl (C=O) groups is 4. The lowest BCUT2D eigenvalue weighted by Gasteiger charge is -2.34. The minimum absolute atomic E-state index is 0.0473. The van der Waals surface area contributed by atoms with Crippen molar-refractivity contribution in [1.82, 2.24) is 20.5 Å². The predicted octanol–water partition coefficient (Wildman–Crippen LogP) is 2.01. The molecule has 2 aliphatic rings. The molecule has 1 aromatic heterocycles. The molecule has 2 aromatic rings. The average Bonchev–Trinajstić information content (AvgIpc) is 3.29. The summed E-state index contributed by atoms with van der Waals surface area (Å²) < 4.78 is 19.3. The highest BCUT2D eigenvalue weighted by Crippen LogP contribution is 2.38. The van der Waals surface area contributed by atoms with Gasteiger partial charge in [0.25, 0.3) is 0 Å². The Morgan fingerprint density at radius 2 is 2.00 bits per heavy atom. The van der Waals surface area contributed by atoms with E-state index in [2.05, 4.69) is 16.0 Å². The van der Waals surface area contributed by atoms with Gasteiger partial charge in [-0.05, 0) is 42.0 Å². The van der Waals surface area contributed by atoms with Crippen molar-refractivity contribution in [3.63, 3.8) is 0 Å². The van der Waals surface area contributed by atoms with Crippen molar-refractivity contribution in [2.24, 2.45) is 11.8 Å². The van der Waals surface area contributed by atoms with Gasteiger partial charge in [-0.2, -0.15) is 0 Å². The van der Waals surface area contributed by atoms with E-state index in [1.54, 1.807) is 6.07 Å². The summed E-state index contributed by atoms with van der Waals surface area (Å²) in [6.45, 7) is 3.17. The van der Waals surface area contributed by atoms with E-state index in [1.165, 1.54) is 0 Å². The molecule has 0 radical (unpaired) electrons. The van der Waals surface area contributed by atoms with Crippen molar-refractivity contribution in [3.8, 4) is 0 Å². The number of amides is 3. The molecule has 0 saturated heterocycles. The van der Waals surface area contributed by atoms with Gasteiger partial charge in [0.1, 0.15) is 25.1 Å². The second-order valence-electron chi connectivity index (χ2n) is 11.0. The first-order chi connectivity index (χ1) is 19.7. The van der Waals surface area contributed by atoms with Gasteiger partial charge in [-0.3, -0.25) is 19.2 Å². The summed E-state index contributed by atoms with van der Waals surface area (Å²) >= 11 is 0. The van der Waals surface area contributed by atoms with Crippen LogP contribution in [0.4, 0.5) is 10.1 Å². The third-order valence-corrected chi connectivity index (χ3v) is 8.20. The lowest BCUT2D eigenvalue weighted by molar-refractivity contribution is -0.133. The van der Waals surface area contributed by atoms with Crippen LogP contribution in [-0.2, 0) is 43.4 Å². The number of ketones is 1. The average molecular weight is 570 g/mol. The van der Waals surface area contributed by atoms with Crippen LogP contribution in [-0.4, -0.2) is 60.0 Å². The Bertz CT molecular complexity index is 1260. The highest BCUT2D eigenvalue weighted by atomic mass is 19.1. The van der Waals surface area contributed by atoms with E-state index < -0.39 is 36.5 Å². The van der Waals surface area contributed by atoms with E-state index in [0.717, 1.165) is 16.8 Å². The molecule has 4 rings (SSSR count). The van der Waals surface area contributed by atoms with Gasteiger partial charge in [-0.25, -0.2) is 4.39 Å². The van der Waals surface area contributed by atoms with Crippen LogP contribution in [0.2, 0.25) is 0 Å². The number of nitrogens with two attached hydrogens (primary N) is 1. The number of halogens is 1. The first-order valence-electron chi connectivity index (χ1n) is 14.3. The van der Waals surface area contributed by atoms with Crippen LogP contribution in [0.15, 0.2) is 36.5 Å². The van der Waals surface area contributed by atoms with Crippen molar-refractivity contribution in [3.05, 3.63) is 53.3 Å². The highest BCUT2D eigenvalue weighted by Gasteiger charge is 2.43. The number of nitrogens with zero attached hydrogens (tertiary/aromatic N) is 1. The summed E-state index contributed by atoms with van der Waals surface area (Å²) in [6.07, 6.45) is 3.83. The van der Waals surface area contributed by atoms with Crippen molar-refractivity contribution < 1.29 is 28.3 Å². The predicted molar refractivity (Wildman–Crippen MR) is 151 cm³/mol. The standard InChI is InChI=1S/C30H40FN5O5/c1-3-18(2)27(35-25(38)17-41-13-11-31)30(40)34-23-9-8-19-10-12-36-16-21(14-24(37)26(23)28(19)36)29(39)33-15-20-6-4-5-7-22(20)32/h4-7,10,12,18,21,23,26-27H,3,8-9,11,13-17,32H2,1-2H3,(H,33,39)(H,34,40)(H,35,38)/t18?,21-,23-,26?,27?/m0/s1. The first kappa shape index (κ1) is 30.2. The number of anilines is 1. The summed E-state index contributed by atoms with van der Waals surface area (Å²) in [5.41, 5.74) is 9.30. The number of ether oxygens (including phenoxy) is 1. The normalized spacial score (nSPS) is 21.2. The van der Waals surface area contributed by atoms with Gasteiger partial charge in [0.05, 0.1) is 18.4 Å². The fourth-order valence-corrected chi connectivity index (χ4v) is 5.76. The summed E-state index contributed by atoms with van der Waals surface area (Å²) in [7, 11) is 0. The zero-order chi connectivity index (χ0) is 29.5. The van der Waals surface area contributed by atoms with Crippen LogP contribution in [0.3, 0.4) is 0 Å². The van der Waals surface area contributed by atoms with Gasteiger partial charge >= 0.3 is 0 Å². The first-order valence-corrected chi connectivity index (χ1v) is 14.3. The summed E-state index contributed by atoms with van der Waals surface area (Å²) in [4.78, 5) is 52.8. The fraction of sp³-hybridized carbons (Fsp3) is 0.533. The summed E-state index contributed by atoms with van der Waals surface area (Å²) in [5, 5.41) is 8.70. The zero-order valence-electron chi connectivity index (χ0n) is 23.7. The Morgan fingerprint density at radius 1 is 1.22 bits per heavy atom. The van der Waals surface area contributed by atoms with Gasteiger partial charge in [0, 0.05) is 43.1 Å². The van der Waals surface area contributed by atoms with E-state index in [9.17, 15) is 23.6 Å². The second-order valence-corrected chi connectivity index (χ2v) is 11.0. The monoisotopic (exact) mass is 569 g/mol. The van der Waals surface area contributed by atoms with Gasteiger partial charge in [0.2, 0.25) is 17.7 Å². The topological polar surface area (TPSA) is 145 Å². The molecular formula is C30H40FN5O5. The molecule has 41 heavy (non-hydrogen) atoms. The number of benzene rings is 1. The third kappa shape index (κ3) is 7.13. The zero-order valence-corrected chi connectivity index (χ0v) is 23.7. The van der Waals surface area contributed by atoms with Crippen molar-refractivity contribution in [2.75, 3.05) is 25.6 Å². The van der Waals surface area contributed by atoms with E-state index in [0.29, 0.717) is 31.5 Å². The number of para-hydroxylation sites is 1. The van der Waals surface area contributed by atoms with Gasteiger partial charge in [-0.15, -0.1) is 0 Å². The number of hydrogen-bond donors (Lipinski definition) is 4. The molecule has 1 aliphatic heterocycles. The summed E-state index contributed by atoms with van der Waals surface area (Å²) in [6, 6.07) is 7.98. The Labute approximate surface area is 239 Å². The van der Waals surface area contributed by atoms with Crippen LogP contribution in [0.1, 0.15) is 55.8 Å². The minimum Gasteiger partial charge on any atom is -0.398 e. The molecule has 0 fully saturated rings. The SMILES string of the molecule is CCC(C)C(NC(=O)COCCF)C(=O)N[C@H]1CCc2ccn3c2C1C(=O)C[C@H](C(=O)NCc1ccccc1N)C3. The van der Waals surface area contributed by atoms with Crippen molar-refractivity contribution in [1.29, 1.82) is 0 Å². The number of Topliss-reactive ketones (excluding diaryl/α,β-unsaturated/α-hetero) is 1. The van der Waals surface area contributed by atoms with E-state index in [4.69, 9.17) is 10.5 Å². The maximum atomic E-state index is 13.7. The number of rotatable bonds is 12. The lowest BCUT2D eigenvalue weighted by atomic mass is 9.79. The largest absolute Gasteiger partial charge is 0.398 e. The Hall–Kier alpha value is -3.73.